The molecule has 0 unspecified atom stereocenters. The molecule has 150 valence electrons. The Labute approximate surface area is 182 Å². The highest BCUT2D eigenvalue weighted by Gasteiger charge is 2.21. The fourth-order valence-electron chi connectivity index (χ4n) is 3.19. The van der Waals surface area contributed by atoms with Crippen molar-refractivity contribution in [1.82, 2.24) is 20.5 Å². The Morgan fingerprint density at radius 3 is 2.70 bits per heavy atom. The number of rotatable bonds is 6. The van der Waals surface area contributed by atoms with Crippen LogP contribution in [0.3, 0.4) is 0 Å². The van der Waals surface area contributed by atoms with E-state index in [-0.39, 0.29) is 24.0 Å². The van der Waals surface area contributed by atoms with Gasteiger partial charge < -0.3 is 15.1 Å². The molecule has 0 atom stereocenters. The second-order valence-corrected chi connectivity index (χ2v) is 7.69. The maximum Gasteiger partial charge on any atom is 0.208 e. The predicted octanol–water partition coefficient (Wildman–Crippen LogP) is 3.55. The van der Waals surface area contributed by atoms with Crippen LogP contribution in [0.2, 0.25) is 0 Å². The van der Waals surface area contributed by atoms with Crippen molar-refractivity contribution in [2.45, 2.75) is 39.8 Å². The monoisotopic (exact) mass is 503 g/mol. The van der Waals surface area contributed by atoms with Crippen LogP contribution >= 0.6 is 35.3 Å². The summed E-state index contributed by atoms with van der Waals surface area (Å²) in [7, 11) is 1.83. The van der Waals surface area contributed by atoms with Gasteiger partial charge in [0, 0.05) is 20.1 Å². The topological polar surface area (TPSA) is 65.7 Å². The van der Waals surface area contributed by atoms with Crippen LogP contribution < -0.4 is 10.6 Å². The molecule has 8 heteroatoms. The number of thiophene rings is 1. The van der Waals surface area contributed by atoms with Gasteiger partial charge in [0.15, 0.2) is 5.96 Å². The van der Waals surface area contributed by atoms with E-state index in [4.69, 9.17) is 4.42 Å². The number of aromatic nitrogens is 1. The van der Waals surface area contributed by atoms with Gasteiger partial charge in [0.1, 0.15) is 5.76 Å². The second kappa shape index (κ2) is 11.0. The number of hydrogen-bond acceptors (Lipinski definition) is 5. The van der Waals surface area contributed by atoms with E-state index in [0.717, 1.165) is 56.0 Å². The normalized spacial score (nSPS) is 16.2. The van der Waals surface area contributed by atoms with Crippen LogP contribution in [-0.4, -0.2) is 42.5 Å². The van der Waals surface area contributed by atoms with Gasteiger partial charge in [-0.05, 0) is 68.1 Å². The van der Waals surface area contributed by atoms with E-state index < -0.39 is 0 Å². The van der Waals surface area contributed by atoms with Gasteiger partial charge in [-0.1, -0.05) is 0 Å². The van der Waals surface area contributed by atoms with Crippen molar-refractivity contribution in [3.63, 3.8) is 0 Å². The average Bonchev–Trinajstić information content (AvgIpc) is 3.26. The zero-order chi connectivity index (χ0) is 18.4. The van der Waals surface area contributed by atoms with Crippen molar-refractivity contribution in [3.05, 3.63) is 39.7 Å². The van der Waals surface area contributed by atoms with Crippen LogP contribution in [0.25, 0.3) is 0 Å². The number of piperidine rings is 1. The van der Waals surface area contributed by atoms with Crippen LogP contribution in [0.4, 0.5) is 0 Å². The Morgan fingerprint density at radius 2 is 2.11 bits per heavy atom. The van der Waals surface area contributed by atoms with Crippen LogP contribution in [0, 0.1) is 19.8 Å². The van der Waals surface area contributed by atoms with Crippen LogP contribution in [0.15, 0.2) is 26.2 Å². The molecule has 6 nitrogen and oxygen atoms in total. The van der Waals surface area contributed by atoms with Gasteiger partial charge in [-0.25, -0.2) is 4.98 Å². The summed E-state index contributed by atoms with van der Waals surface area (Å²) in [6.45, 7) is 8.76. The lowest BCUT2D eigenvalue weighted by molar-refractivity contribution is 0.164. The third-order valence-corrected chi connectivity index (χ3v) is 5.69. The zero-order valence-electron chi connectivity index (χ0n) is 16.3. The van der Waals surface area contributed by atoms with Gasteiger partial charge in [0.25, 0.3) is 0 Å². The highest BCUT2D eigenvalue weighted by molar-refractivity contribution is 14.0. The molecule has 3 rings (SSSR count). The third kappa shape index (κ3) is 6.76. The summed E-state index contributed by atoms with van der Waals surface area (Å²) in [5, 5.41) is 11.1. The van der Waals surface area contributed by atoms with Gasteiger partial charge in [0.2, 0.25) is 5.89 Å². The number of aliphatic imine (C=N–C) groups is 1. The van der Waals surface area contributed by atoms with E-state index >= 15 is 0 Å². The van der Waals surface area contributed by atoms with Crippen LogP contribution in [0.1, 0.15) is 35.7 Å². The molecule has 0 saturated carbocycles. The number of likely N-dealkylation sites (tertiary alicyclic amines) is 1. The lowest BCUT2D eigenvalue weighted by atomic mass is 9.97. The van der Waals surface area contributed by atoms with E-state index in [1.165, 1.54) is 18.4 Å². The molecular weight excluding hydrogens is 473 g/mol. The molecule has 2 aromatic heterocycles. The van der Waals surface area contributed by atoms with E-state index in [1.54, 1.807) is 11.3 Å². The lowest BCUT2D eigenvalue weighted by Crippen LogP contribution is -2.42. The lowest BCUT2D eigenvalue weighted by Gasteiger charge is -2.31. The van der Waals surface area contributed by atoms with E-state index in [0.29, 0.717) is 5.92 Å². The van der Waals surface area contributed by atoms with Crippen LogP contribution in [0.5, 0.6) is 0 Å². The van der Waals surface area contributed by atoms with E-state index in [2.05, 4.69) is 42.3 Å². The predicted molar refractivity (Wildman–Crippen MR) is 122 cm³/mol. The van der Waals surface area contributed by atoms with Crippen molar-refractivity contribution < 1.29 is 4.42 Å². The Kier molecular flexibility index (Phi) is 9.04. The molecule has 0 spiro atoms. The fraction of sp³-hybridized carbons (Fsp3) is 0.579. The van der Waals surface area contributed by atoms with Gasteiger partial charge >= 0.3 is 0 Å². The number of nitrogens with one attached hydrogen (secondary N) is 2. The van der Waals surface area contributed by atoms with Gasteiger partial charge in [-0.15, -0.1) is 24.0 Å². The van der Waals surface area contributed by atoms with E-state index in [9.17, 15) is 0 Å². The minimum atomic E-state index is 0. The maximum atomic E-state index is 5.71. The number of halogens is 1. The molecule has 3 heterocycles. The molecule has 0 aliphatic carbocycles. The highest BCUT2D eigenvalue weighted by Crippen LogP contribution is 2.19. The Bertz CT molecular complexity index is 688. The molecule has 1 saturated heterocycles. The summed E-state index contributed by atoms with van der Waals surface area (Å²) >= 11 is 1.72. The molecule has 1 aliphatic heterocycles. The summed E-state index contributed by atoms with van der Waals surface area (Å²) in [6, 6.07) is 2.14. The largest absolute Gasteiger partial charge is 0.444 e. The summed E-state index contributed by atoms with van der Waals surface area (Å²) in [6.07, 6.45) is 2.38. The summed E-state index contributed by atoms with van der Waals surface area (Å²) in [4.78, 5) is 11.2. The Morgan fingerprint density at radius 1 is 1.33 bits per heavy atom. The first kappa shape index (κ1) is 22.2. The minimum absolute atomic E-state index is 0. The number of hydrogen-bond donors (Lipinski definition) is 2. The molecule has 0 radical (unpaired) electrons. The van der Waals surface area contributed by atoms with Crippen molar-refractivity contribution >= 4 is 41.3 Å². The molecule has 0 bridgehead atoms. The number of aryl methyl sites for hydroxylation is 2. The quantitative estimate of drug-likeness (QED) is 0.359. The van der Waals surface area contributed by atoms with E-state index in [1.807, 2.05) is 20.9 Å². The van der Waals surface area contributed by atoms with Crippen LogP contribution in [-0.2, 0) is 13.1 Å². The second-order valence-electron chi connectivity index (χ2n) is 6.91. The SMILES string of the molecule is CN=C(NCc1ccsc1)NCC1CCN(Cc2nc(C)c(C)o2)CC1.I. The van der Waals surface area contributed by atoms with Crippen molar-refractivity contribution in [1.29, 1.82) is 0 Å². The van der Waals surface area contributed by atoms with Gasteiger partial charge in [0.05, 0.1) is 12.2 Å². The number of nitrogens with zero attached hydrogens (tertiary/aromatic N) is 3. The Balaban J connectivity index is 0.00000261. The minimum Gasteiger partial charge on any atom is -0.444 e. The summed E-state index contributed by atoms with van der Waals surface area (Å²) < 4.78 is 5.71. The highest BCUT2D eigenvalue weighted by atomic mass is 127. The number of oxazole rings is 1. The first-order valence-electron chi connectivity index (χ1n) is 9.25. The first-order chi connectivity index (χ1) is 12.6. The zero-order valence-corrected chi connectivity index (χ0v) is 19.5. The molecule has 0 aromatic carbocycles. The van der Waals surface area contributed by atoms with Crippen molar-refractivity contribution in [2.24, 2.45) is 10.9 Å². The van der Waals surface area contributed by atoms with Gasteiger partial charge in [-0.3, -0.25) is 9.89 Å². The standard InChI is InChI=1S/C19H29N5OS.HI/c1-14-15(2)25-18(23-14)12-24-7-4-16(5-8-24)10-21-19(20-3)22-11-17-6-9-26-13-17;/h6,9,13,16H,4-5,7-8,10-12H2,1-3H3,(H2,20,21,22);1H. The van der Waals surface area contributed by atoms with Crippen molar-refractivity contribution in [2.75, 3.05) is 26.7 Å². The summed E-state index contributed by atoms with van der Waals surface area (Å²) in [5.41, 5.74) is 2.30. The molecule has 1 aliphatic rings. The fourth-order valence-corrected chi connectivity index (χ4v) is 3.86. The average molecular weight is 503 g/mol. The molecular formula is C19H30IN5OS. The third-order valence-electron chi connectivity index (χ3n) is 4.96. The molecule has 1 fully saturated rings. The molecule has 27 heavy (non-hydrogen) atoms. The van der Waals surface area contributed by atoms with Crippen molar-refractivity contribution in [3.8, 4) is 0 Å². The summed E-state index contributed by atoms with van der Waals surface area (Å²) in [5.74, 6) is 3.33. The first-order valence-corrected chi connectivity index (χ1v) is 10.2. The smallest absolute Gasteiger partial charge is 0.208 e. The molecule has 2 N–H and O–H groups in total. The number of guanidine groups is 1. The molecule has 2 aromatic rings. The van der Waals surface area contributed by atoms with Gasteiger partial charge in [-0.2, -0.15) is 11.3 Å². The Hall–Kier alpha value is -1.13. The molecule has 0 amide bonds. The maximum absolute atomic E-state index is 5.71.